The molecule has 4 nitrogen and oxygen atoms in total. The van der Waals surface area contributed by atoms with Crippen LogP contribution < -0.4 is 5.32 Å². The molecule has 0 radical (unpaired) electrons. The molecule has 1 atom stereocenters. The molecule has 1 amide bonds. The average Bonchev–Trinajstić information content (AvgIpc) is 2.99. The SMILES string of the molecule is C[C@@H](Sc1ncnc2sccc12)C(=O)Nc1ccccc1F. The van der Waals surface area contributed by atoms with E-state index in [1.807, 2.05) is 11.4 Å². The van der Waals surface area contributed by atoms with E-state index in [4.69, 9.17) is 0 Å². The molecule has 2 heterocycles. The topological polar surface area (TPSA) is 54.9 Å². The van der Waals surface area contributed by atoms with Gasteiger partial charge in [0.2, 0.25) is 5.91 Å². The maximum Gasteiger partial charge on any atom is 0.237 e. The zero-order chi connectivity index (χ0) is 15.5. The summed E-state index contributed by atoms with van der Waals surface area (Å²) in [5, 5.41) is 5.82. The molecule has 0 aliphatic rings. The second-order valence-corrected chi connectivity index (χ2v) is 6.77. The van der Waals surface area contributed by atoms with Gasteiger partial charge in [-0.15, -0.1) is 11.3 Å². The molecule has 1 aromatic carbocycles. The van der Waals surface area contributed by atoms with E-state index in [1.54, 1.807) is 19.1 Å². The van der Waals surface area contributed by atoms with Gasteiger partial charge in [-0.2, -0.15) is 0 Å². The summed E-state index contributed by atoms with van der Waals surface area (Å²) in [4.78, 5) is 21.5. The highest BCUT2D eigenvalue weighted by Crippen LogP contribution is 2.30. The standard InChI is InChI=1S/C15H12FN3OS2/c1-9(13(20)19-12-5-3-2-4-11(12)16)22-15-10-6-7-21-14(10)17-8-18-15/h2-9H,1H3,(H,19,20)/t9-/m1/s1. The lowest BCUT2D eigenvalue weighted by Crippen LogP contribution is -2.23. The summed E-state index contributed by atoms with van der Waals surface area (Å²) in [5.74, 6) is -0.715. The van der Waals surface area contributed by atoms with Crippen LogP contribution in [0.4, 0.5) is 10.1 Å². The number of carbonyl (C=O) groups is 1. The molecule has 1 N–H and O–H groups in total. The van der Waals surface area contributed by atoms with Crippen molar-refractivity contribution in [1.82, 2.24) is 9.97 Å². The minimum Gasteiger partial charge on any atom is -0.323 e. The fraction of sp³-hybridized carbons (Fsp3) is 0.133. The number of amides is 1. The predicted molar refractivity (Wildman–Crippen MR) is 87.8 cm³/mol. The summed E-state index contributed by atoms with van der Waals surface area (Å²) in [5.41, 5.74) is 0.184. The van der Waals surface area contributed by atoms with Gasteiger partial charge in [0, 0.05) is 5.39 Å². The van der Waals surface area contributed by atoms with Gasteiger partial charge in [-0.05, 0) is 30.5 Å². The average molecular weight is 333 g/mol. The zero-order valence-corrected chi connectivity index (χ0v) is 13.2. The summed E-state index contributed by atoms with van der Waals surface area (Å²) in [6.45, 7) is 1.77. The number of hydrogen-bond acceptors (Lipinski definition) is 5. The number of anilines is 1. The lowest BCUT2D eigenvalue weighted by Gasteiger charge is -2.12. The fourth-order valence-corrected chi connectivity index (χ4v) is 3.58. The smallest absolute Gasteiger partial charge is 0.237 e. The first kappa shape index (κ1) is 14.9. The molecule has 2 aromatic heterocycles. The van der Waals surface area contributed by atoms with Crippen LogP contribution in [0, 0.1) is 5.82 Å². The Morgan fingerprint density at radius 3 is 2.95 bits per heavy atom. The van der Waals surface area contributed by atoms with Gasteiger partial charge in [0.05, 0.1) is 10.9 Å². The van der Waals surface area contributed by atoms with Crippen LogP contribution in [-0.4, -0.2) is 21.1 Å². The van der Waals surface area contributed by atoms with Crippen LogP contribution >= 0.6 is 23.1 Å². The molecular formula is C15H12FN3OS2. The van der Waals surface area contributed by atoms with Crippen LogP contribution in [0.15, 0.2) is 47.1 Å². The quantitative estimate of drug-likeness (QED) is 0.580. The van der Waals surface area contributed by atoms with Gasteiger partial charge >= 0.3 is 0 Å². The number of benzene rings is 1. The third-order valence-corrected chi connectivity index (χ3v) is 4.95. The van der Waals surface area contributed by atoms with Crippen LogP contribution in [0.5, 0.6) is 0 Å². The van der Waals surface area contributed by atoms with E-state index in [2.05, 4.69) is 15.3 Å². The lowest BCUT2D eigenvalue weighted by atomic mass is 10.3. The van der Waals surface area contributed by atoms with Gasteiger partial charge in [0.1, 0.15) is 22.0 Å². The number of hydrogen-bond donors (Lipinski definition) is 1. The van der Waals surface area contributed by atoms with Crippen LogP contribution in [0.25, 0.3) is 10.2 Å². The zero-order valence-electron chi connectivity index (χ0n) is 11.6. The van der Waals surface area contributed by atoms with E-state index >= 15 is 0 Å². The van der Waals surface area contributed by atoms with Crippen molar-refractivity contribution in [3.63, 3.8) is 0 Å². The molecule has 0 aliphatic carbocycles. The highest BCUT2D eigenvalue weighted by Gasteiger charge is 2.18. The van der Waals surface area contributed by atoms with Crippen LogP contribution in [0.3, 0.4) is 0 Å². The molecule has 22 heavy (non-hydrogen) atoms. The maximum absolute atomic E-state index is 13.6. The van der Waals surface area contributed by atoms with Crippen molar-refractivity contribution in [2.75, 3.05) is 5.32 Å². The van der Waals surface area contributed by atoms with Crippen molar-refractivity contribution < 1.29 is 9.18 Å². The predicted octanol–water partition coefficient (Wildman–Crippen LogP) is 3.95. The number of halogens is 1. The third kappa shape index (κ3) is 3.10. The van der Waals surface area contributed by atoms with Crippen LogP contribution in [-0.2, 0) is 4.79 Å². The first-order valence-corrected chi connectivity index (χ1v) is 8.31. The number of thiophene rings is 1. The Bertz CT molecular complexity index is 821. The van der Waals surface area contributed by atoms with Crippen molar-refractivity contribution in [2.24, 2.45) is 0 Å². The monoisotopic (exact) mass is 333 g/mol. The second kappa shape index (κ2) is 6.41. The van der Waals surface area contributed by atoms with Gasteiger partial charge in [-0.25, -0.2) is 14.4 Å². The Kier molecular flexibility index (Phi) is 4.35. The van der Waals surface area contributed by atoms with E-state index in [0.29, 0.717) is 0 Å². The number of nitrogens with zero attached hydrogens (tertiary/aromatic N) is 2. The van der Waals surface area contributed by atoms with E-state index in [9.17, 15) is 9.18 Å². The van der Waals surface area contributed by atoms with Crippen molar-refractivity contribution >= 4 is 44.9 Å². The number of fused-ring (bicyclic) bond motifs is 1. The largest absolute Gasteiger partial charge is 0.323 e. The Morgan fingerprint density at radius 1 is 1.32 bits per heavy atom. The number of nitrogens with one attached hydrogen (secondary N) is 1. The fourth-order valence-electron chi connectivity index (χ4n) is 1.88. The van der Waals surface area contributed by atoms with Gasteiger partial charge in [-0.3, -0.25) is 4.79 Å². The molecule has 112 valence electrons. The van der Waals surface area contributed by atoms with Gasteiger partial charge in [0.25, 0.3) is 0 Å². The van der Waals surface area contributed by atoms with Gasteiger partial charge in [-0.1, -0.05) is 23.9 Å². The minimum atomic E-state index is -0.449. The van der Waals surface area contributed by atoms with Crippen molar-refractivity contribution in [3.8, 4) is 0 Å². The highest BCUT2D eigenvalue weighted by molar-refractivity contribution is 8.00. The normalized spacial score (nSPS) is 12.3. The summed E-state index contributed by atoms with van der Waals surface area (Å²) in [7, 11) is 0. The molecule has 0 unspecified atom stereocenters. The highest BCUT2D eigenvalue weighted by atomic mass is 32.2. The number of thioether (sulfide) groups is 1. The van der Waals surface area contributed by atoms with Gasteiger partial charge in [0.15, 0.2) is 0 Å². The lowest BCUT2D eigenvalue weighted by molar-refractivity contribution is -0.115. The first-order chi connectivity index (χ1) is 10.6. The Labute approximate surface area is 134 Å². The van der Waals surface area contributed by atoms with E-state index in [1.165, 1.54) is 41.6 Å². The summed E-state index contributed by atoms with van der Waals surface area (Å²) in [6.07, 6.45) is 1.49. The summed E-state index contributed by atoms with van der Waals surface area (Å²) in [6, 6.07) is 8.04. The number of rotatable bonds is 4. The molecular weight excluding hydrogens is 321 g/mol. The molecule has 0 aliphatic heterocycles. The Balaban J connectivity index is 1.74. The maximum atomic E-state index is 13.6. The number of carbonyl (C=O) groups excluding carboxylic acids is 1. The van der Waals surface area contributed by atoms with E-state index < -0.39 is 11.1 Å². The van der Waals surface area contributed by atoms with E-state index in [-0.39, 0.29) is 11.6 Å². The molecule has 0 saturated carbocycles. The van der Waals surface area contributed by atoms with Crippen LogP contribution in [0.2, 0.25) is 0 Å². The molecule has 0 bridgehead atoms. The molecule has 0 fully saturated rings. The third-order valence-electron chi connectivity index (χ3n) is 3.01. The summed E-state index contributed by atoms with van der Waals surface area (Å²) < 4.78 is 13.6. The number of aromatic nitrogens is 2. The van der Waals surface area contributed by atoms with Crippen molar-refractivity contribution in [3.05, 3.63) is 47.9 Å². The molecule has 3 aromatic rings. The van der Waals surface area contributed by atoms with Crippen molar-refractivity contribution in [2.45, 2.75) is 17.2 Å². The first-order valence-electron chi connectivity index (χ1n) is 6.55. The molecule has 0 spiro atoms. The van der Waals surface area contributed by atoms with E-state index in [0.717, 1.165) is 15.2 Å². The minimum absolute atomic E-state index is 0.184. The second-order valence-electron chi connectivity index (χ2n) is 4.55. The molecule has 0 saturated heterocycles. The molecule has 7 heteroatoms. The Hall–Kier alpha value is -1.99. The van der Waals surface area contributed by atoms with Gasteiger partial charge < -0.3 is 5.32 Å². The Morgan fingerprint density at radius 2 is 2.14 bits per heavy atom. The van der Waals surface area contributed by atoms with Crippen molar-refractivity contribution in [1.29, 1.82) is 0 Å². The van der Waals surface area contributed by atoms with Crippen LogP contribution in [0.1, 0.15) is 6.92 Å². The summed E-state index contributed by atoms with van der Waals surface area (Å²) >= 11 is 2.86. The number of para-hydroxylation sites is 1. The molecule has 3 rings (SSSR count).